The molecule has 1 aliphatic heterocycles. The first-order valence-corrected chi connectivity index (χ1v) is 12.3. The molecule has 0 atom stereocenters. The molecule has 1 spiro atoms. The van der Waals surface area contributed by atoms with Crippen LogP contribution in [0.3, 0.4) is 0 Å². The molecule has 2 fully saturated rings. The van der Waals surface area contributed by atoms with Gasteiger partial charge in [0.15, 0.2) is 11.6 Å². The monoisotopic (exact) mass is 516 g/mol. The number of methoxy groups -OCH3 is 1. The second kappa shape index (κ2) is 9.18. The van der Waals surface area contributed by atoms with Gasteiger partial charge in [-0.3, -0.25) is 0 Å². The number of hydrogen-bond acceptors (Lipinski definition) is 7. The van der Waals surface area contributed by atoms with Crippen LogP contribution in [-0.2, 0) is 16.0 Å². The summed E-state index contributed by atoms with van der Waals surface area (Å²) in [6, 6.07) is 3.14. The number of H-pyrrole nitrogens is 1. The fourth-order valence-corrected chi connectivity index (χ4v) is 5.43. The number of rotatable bonds is 6. The lowest BCUT2D eigenvalue weighted by Gasteiger charge is -2.35. The minimum atomic E-state index is -2.59. The van der Waals surface area contributed by atoms with Crippen molar-refractivity contribution in [3.63, 3.8) is 0 Å². The standard InChI is InChI=1S/C25H27F3N6O3/c1-13-30-21-17(26)9-14(10-18(21)34(13)12-19(27)28)16-11-29-22-20(16)23(35-2)33-24(32-22)31-15-3-5-25(6-4-15)36-7-8-37-25/h9-11,15,19H,3-8,12H2,1-2H3,(H2,29,31,32,33). The summed E-state index contributed by atoms with van der Waals surface area (Å²) in [6.07, 6.45) is 2.39. The third kappa shape index (κ3) is 4.27. The van der Waals surface area contributed by atoms with E-state index in [1.165, 1.54) is 17.7 Å². The molecule has 9 nitrogen and oxygen atoms in total. The van der Waals surface area contributed by atoms with E-state index in [1.807, 2.05) is 0 Å². The van der Waals surface area contributed by atoms with E-state index in [4.69, 9.17) is 14.2 Å². The number of ether oxygens (including phenoxy) is 3. The van der Waals surface area contributed by atoms with Gasteiger partial charge in [-0.2, -0.15) is 9.97 Å². The van der Waals surface area contributed by atoms with Crippen molar-refractivity contribution in [3.8, 4) is 17.0 Å². The lowest BCUT2D eigenvalue weighted by Crippen LogP contribution is -2.39. The number of aromatic nitrogens is 5. The maximum atomic E-state index is 15.0. The van der Waals surface area contributed by atoms with E-state index in [-0.39, 0.29) is 11.6 Å². The van der Waals surface area contributed by atoms with Gasteiger partial charge >= 0.3 is 0 Å². The molecular formula is C25H27F3N6O3. The zero-order chi connectivity index (χ0) is 25.7. The number of anilines is 1. The van der Waals surface area contributed by atoms with Crippen LogP contribution in [0, 0.1) is 12.7 Å². The van der Waals surface area contributed by atoms with E-state index < -0.39 is 24.6 Å². The van der Waals surface area contributed by atoms with Gasteiger partial charge < -0.3 is 29.1 Å². The molecule has 1 saturated heterocycles. The molecule has 12 heteroatoms. The van der Waals surface area contributed by atoms with Crippen LogP contribution in [0.1, 0.15) is 31.5 Å². The van der Waals surface area contributed by atoms with Crippen LogP contribution in [-0.4, -0.2) is 63.1 Å². The molecular weight excluding hydrogens is 489 g/mol. The van der Waals surface area contributed by atoms with Gasteiger partial charge in [0, 0.05) is 30.6 Å². The number of nitrogens with zero attached hydrogens (tertiary/aromatic N) is 4. The van der Waals surface area contributed by atoms with Crippen molar-refractivity contribution in [2.24, 2.45) is 0 Å². The Balaban J connectivity index is 1.33. The fourth-order valence-electron chi connectivity index (χ4n) is 5.43. The summed E-state index contributed by atoms with van der Waals surface area (Å²) in [4.78, 5) is 16.5. The predicted octanol–water partition coefficient (Wildman–Crippen LogP) is 4.79. The van der Waals surface area contributed by atoms with E-state index in [9.17, 15) is 8.78 Å². The van der Waals surface area contributed by atoms with E-state index in [2.05, 4.69) is 25.3 Å². The molecule has 1 aromatic carbocycles. The van der Waals surface area contributed by atoms with Gasteiger partial charge in [0.2, 0.25) is 11.8 Å². The van der Waals surface area contributed by atoms with Gasteiger partial charge in [0.1, 0.15) is 17.0 Å². The van der Waals surface area contributed by atoms with Gasteiger partial charge in [0.05, 0.1) is 37.8 Å². The van der Waals surface area contributed by atoms with E-state index in [1.54, 1.807) is 19.2 Å². The molecule has 0 bridgehead atoms. The SMILES string of the molecule is COc1nc(NC2CCC3(CC2)OCCO3)nc2[nH]cc(-c3cc(F)c4nc(C)n(CC(F)F)c4c3)c12. The van der Waals surface area contributed by atoms with Crippen LogP contribution in [0.25, 0.3) is 33.2 Å². The van der Waals surface area contributed by atoms with Crippen LogP contribution in [0.15, 0.2) is 18.3 Å². The molecule has 0 amide bonds. The van der Waals surface area contributed by atoms with Gasteiger partial charge in [-0.1, -0.05) is 0 Å². The van der Waals surface area contributed by atoms with Crippen molar-refractivity contribution in [3.05, 3.63) is 30.0 Å². The predicted molar refractivity (Wildman–Crippen MR) is 130 cm³/mol. The molecule has 2 N–H and O–H groups in total. The summed E-state index contributed by atoms with van der Waals surface area (Å²) >= 11 is 0. The average Bonchev–Trinajstić information content (AvgIpc) is 3.59. The summed E-state index contributed by atoms with van der Waals surface area (Å²) in [7, 11) is 1.51. The third-order valence-electron chi connectivity index (χ3n) is 7.22. The number of fused-ring (bicyclic) bond motifs is 2. The molecule has 4 aromatic rings. The highest BCUT2D eigenvalue weighted by atomic mass is 19.3. The highest BCUT2D eigenvalue weighted by molar-refractivity contribution is 5.99. The quantitative estimate of drug-likeness (QED) is 0.380. The minimum Gasteiger partial charge on any atom is -0.480 e. The van der Waals surface area contributed by atoms with Crippen LogP contribution >= 0.6 is 0 Å². The normalized spacial score (nSPS) is 18.0. The van der Waals surface area contributed by atoms with Crippen molar-refractivity contribution in [2.75, 3.05) is 25.6 Å². The molecule has 2 aliphatic rings. The largest absolute Gasteiger partial charge is 0.480 e. The Bertz CT molecular complexity index is 1450. The number of nitrogens with one attached hydrogen (secondary N) is 2. The number of alkyl halides is 2. The molecule has 1 aliphatic carbocycles. The lowest BCUT2D eigenvalue weighted by atomic mass is 9.90. The Hall–Kier alpha value is -3.38. The van der Waals surface area contributed by atoms with Gasteiger partial charge in [-0.25, -0.2) is 18.2 Å². The smallest absolute Gasteiger partial charge is 0.256 e. The van der Waals surface area contributed by atoms with Crippen molar-refractivity contribution in [2.45, 2.75) is 57.4 Å². The summed E-state index contributed by atoms with van der Waals surface area (Å²) in [6.45, 7) is 2.28. The summed E-state index contributed by atoms with van der Waals surface area (Å²) in [5.41, 5.74) is 1.93. The molecule has 6 rings (SSSR count). The van der Waals surface area contributed by atoms with Crippen molar-refractivity contribution >= 4 is 28.0 Å². The molecule has 0 unspecified atom stereocenters. The molecule has 196 valence electrons. The average molecular weight is 517 g/mol. The van der Waals surface area contributed by atoms with Gasteiger partial charge in [-0.05, 0) is 37.5 Å². The number of imidazole rings is 1. The third-order valence-corrected chi connectivity index (χ3v) is 7.22. The Morgan fingerprint density at radius 1 is 1.19 bits per heavy atom. The molecule has 3 aromatic heterocycles. The second-order valence-corrected chi connectivity index (χ2v) is 9.50. The van der Waals surface area contributed by atoms with Crippen molar-refractivity contribution in [1.29, 1.82) is 0 Å². The minimum absolute atomic E-state index is 0.0547. The Morgan fingerprint density at radius 3 is 2.65 bits per heavy atom. The Morgan fingerprint density at radius 2 is 1.95 bits per heavy atom. The molecule has 4 heterocycles. The highest BCUT2D eigenvalue weighted by Gasteiger charge is 2.40. The first-order valence-electron chi connectivity index (χ1n) is 12.3. The molecule has 0 radical (unpaired) electrons. The summed E-state index contributed by atoms with van der Waals surface area (Å²) in [5.74, 6) is 0.00720. The topological polar surface area (TPSA) is 99.1 Å². The molecule has 1 saturated carbocycles. The summed E-state index contributed by atoms with van der Waals surface area (Å²) < 4.78 is 59.9. The number of halogens is 3. The van der Waals surface area contributed by atoms with Crippen LogP contribution in [0.4, 0.5) is 19.1 Å². The van der Waals surface area contributed by atoms with Crippen LogP contribution in [0.2, 0.25) is 0 Å². The molecule has 37 heavy (non-hydrogen) atoms. The van der Waals surface area contributed by atoms with Crippen LogP contribution < -0.4 is 10.1 Å². The summed E-state index contributed by atoms with van der Waals surface area (Å²) in [5, 5.41) is 3.96. The first-order chi connectivity index (χ1) is 17.9. The maximum absolute atomic E-state index is 15.0. The van der Waals surface area contributed by atoms with E-state index in [0.717, 1.165) is 25.7 Å². The second-order valence-electron chi connectivity index (χ2n) is 9.50. The zero-order valence-electron chi connectivity index (χ0n) is 20.5. The number of aryl methyl sites for hydroxylation is 1. The van der Waals surface area contributed by atoms with Crippen molar-refractivity contribution in [1.82, 2.24) is 24.5 Å². The maximum Gasteiger partial charge on any atom is 0.256 e. The van der Waals surface area contributed by atoms with E-state index in [0.29, 0.717) is 58.5 Å². The van der Waals surface area contributed by atoms with Crippen molar-refractivity contribution < 1.29 is 27.4 Å². The first kappa shape index (κ1) is 24.0. The van der Waals surface area contributed by atoms with Crippen LogP contribution in [0.5, 0.6) is 5.88 Å². The van der Waals surface area contributed by atoms with Gasteiger partial charge in [0.25, 0.3) is 6.43 Å². The number of hydrogen-bond donors (Lipinski definition) is 2. The Kier molecular flexibility index (Phi) is 5.95. The zero-order valence-corrected chi connectivity index (χ0v) is 20.5. The fraction of sp³-hybridized carbons (Fsp3) is 0.480. The lowest BCUT2D eigenvalue weighted by molar-refractivity contribution is -0.177. The number of benzene rings is 1. The highest BCUT2D eigenvalue weighted by Crippen LogP contribution is 2.39. The van der Waals surface area contributed by atoms with E-state index >= 15 is 4.39 Å². The number of aromatic amines is 1. The van der Waals surface area contributed by atoms with Gasteiger partial charge in [-0.15, -0.1) is 0 Å². The Labute approximate surface area is 210 Å².